The highest BCUT2D eigenvalue weighted by Crippen LogP contribution is 2.65. The highest BCUT2D eigenvalue weighted by Gasteiger charge is 2.69. The number of halogens is 2. The third-order valence-electron chi connectivity index (χ3n) is 12.3. The molecule has 0 spiro atoms. The van der Waals surface area contributed by atoms with Crippen molar-refractivity contribution in [3.05, 3.63) is 47.5 Å². The van der Waals surface area contributed by atoms with E-state index in [2.05, 4.69) is 20.8 Å². The van der Waals surface area contributed by atoms with Crippen molar-refractivity contribution in [1.82, 2.24) is 14.7 Å². The summed E-state index contributed by atoms with van der Waals surface area (Å²) in [5.74, 6) is -2.97. The van der Waals surface area contributed by atoms with Gasteiger partial charge in [0.2, 0.25) is 0 Å². The van der Waals surface area contributed by atoms with Gasteiger partial charge in [-0.1, -0.05) is 44.2 Å². The molecule has 1 aromatic rings. The topological polar surface area (TPSA) is 95.3 Å². The molecule has 0 unspecified atom stereocenters. The number of rotatable bonds is 8. The van der Waals surface area contributed by atoms with Crippen LogP contribution in [0.5, 0.6) is 0 Å². The van der Waals surface area contributed by atoms with Gasteiger partial charge in [0, 0.05) is 38.5 Å². The highest BCUT2D eigenvalue weighted by atomic mass is 19.3. The first-order valence-corrected chi connectivity index (χ1v) is 17.3. The summed E-state index contributed by atoms with van der Waals surface area (Å²) in [7, 11) is 1.01. The molecule has 0 aromatic heterocycles. The lowest BCUT2D eigenvalue weighted by Gasteiger charge is -2.64. The normalized spacial score (nSPS) is 33.1. The van der Waals surface area contributed by atoms with E-state index < -0.39 is 54.4 Å². The van der Waals surface area contributed by atoms with Gasteiger partial charge in [-0.05, 0) is 82.3 Å². The van der Waals surface area contributed by atoms with Gasteiger partial charge in [0.25, 0.3) is 11.8 Å². The van der Waals surface area contributed by atoms with E-state index in [1.165, 1.54) is 15.9 Å². The van der Waals surface area contributed by atoms with Crippen molar-refractivity contribution in [3.8, 4) is 6.07 Å². The molecule has 6 fully saturated rings. The summed E-state index contributed by atoms with van der Waals surface area (Å²) in [6.45, 7) is 11.9. The Morgan fingerprint density at radius 1 is 1.17 bits per heavy atom. The predicted octanol–water partition coefficient (Wildman–Crippen LogP) is 5.84. The van der Waals surface area contributed by atoms with E-state index >= 15 is 0 Å². The minimum Gasteiger partial charge on any atom is -0.423 e. The lowest BCUT2D eigenvalue weighted by Crippen LogP contribution is -2.65. The number of hydrogen-bond acceptors (Lipinski definition) is 7. The zero-order valence-corrected chi connectivity index (χ0v) is 29.3. The van der Waals surface area contributed by atoms with Crippen molar-refractivity contribution >= 4 is 19.1 Å². The summed E-state index contributed by atoms with van der Waals surface area (Å²) in [4.78, 5) is 32.4. The van der Waals surface area contributed by atoms with Crippen LogP contribution in [0.25, 0.3) is 0 Å². The van der Waals surface area contributed by atoms with Gasteiger partial charge in [0.05, 0.1) is 24.2 Å². The molecule has 260 valence electrons. The van der Waals surface area contributed by atoms with Crippen molar-refractivity contribution in [1.29, 1.82) is 5.26 Å². The van der Waals surface area contributed by atoms with Crippen LogP contribution in [0.2, 0.25) is 0 Å². The van der Waals surface area contributed by atoms with Crippen molar-refractivity contribution < 1.29 is 32.4 Å². The van der Waals surface area contributed by atoms with Crippen LogP contribution < -0.4 is 0 Å². The molecule has 3 aliphatic heterocycles. The number of carbonyl (C=O) groups is 2. The lowest BCUT2D eigenvalue weighted by atomic mass is 9.43. The minimum atomic E-state index is -2.81. The third kappa shape index (κ3) is 6.05. The number of nitriles is 1. The summed E-state index contributed by atoms with van der Waals surface area (Å²) >= 11 is 0. The van der Waals surface area contributed by atoms with Crippen LogP contribution in [-0.2, 0) is 25.3 Å². The molecule has 6 aliphatic rings. The second-order valence-corrected chi connectivity index (χ2v) is 16.2. The molecule has 2 bridgehead atoms. The summed E-state index contributed by atoms with van der Waals surface area (Å²) in [6.07, 6.45) is 3.96. The maximum atomic E-state index is 14.0. The van der Waals surface area contributed by atoms with Gasteiger partial charge in [0.1, 0.15) is 11.6 Å². The molecule has 3 saturated heterocycles. The number of likely N-dealkylation sites (N-methyl/N-ethyl adjacent to an activating group) is 1. The van der Waals surface area contributed by atoms with Gasteiger partial charge in [-0.25, -0.2) is 13.6 Å². The van der Waals surface area contributed by atoms with Crippen molar-refractivity contribution in [2.75, 3.05) is 26.7 Å². The van der Waals surface area contributed by atoms with Gasteiger partial charge in [-0.3, -0.25) is 14.6 Å². The van der Waals surface area contributed by atoms with E-state index in [1.807, 2.05) is 36.4 Å². The Hall–Kier alpha value is -3.01. The molecule has 9 nitrogen and oxygen atoms in total. The summed E-state index contributed by atoms with van der Waals surface area (Å²) < 4.78 is 47.6. The Morgan fingerprint density at radius 2 is 1.88 bits per heavy atom. The second-order valence-electron chi connectivity index (χ2n) is 16.2. The Morgan fingerprint density at radius 3 is 2.50 bits per heavy atom. The zero-order chi connectivity index (χ0) is 34.9. The van der Waals surface area contributed by atoms with Crippen molar-refractivity contribution in [2.45, 2.75) is 115 Å². The molecule has 3 saturated carbocycles. The number of ether oxygens (including phenoxy) is 1. The number of nitrogens with zero attached hydrogens (tertiary/aromatic N) is 4. The van der Waals surface area contributed by atoms with Crippen molar-refractivity contribution in [2.24, 2.45) is 17.3 Å². The predicted molar refractivity (Wildman–Crippen MR) is 177 cm³/mol. The van der Waals surface area contributed by atoms with E-state index in [-0.39, 0.29) is 36.6 Å². The van der Waals surface area contributed by atoms with Crippen LogP contribution in [0, 0.1) is 28.6 Å². The van der Waals surface area contributed by atoms with E-state index in [0.29, 0.717) is 31.1 Å². The first-order valence-electron chi connectivity index (χ1n) is 17.3. The van der Waals surface area contributed by atoms with Gasteiger partial charge in [-0.2, -0.15) is 5.26 Å². The molecular weight excluding hydrogens is 617 g/mol. The molecule has 12 heteroatoms. The fraction of sp³-hybridized carbons (Fsp3) is 0.694. The molecule has 48 heavy (non-hydrogen) atoms. The summed E-state index contributed by atoms with van der Waals surface area (Å²) in [6, 6.07) is 11.9. The van der Waals surface area contributed by atoms with Crippen LogP contribution in [0.1, 0.15) is 79.2 Å². The number of alkyl halides is 2. The molecule has 2 amide bonds. The Bertz CT molecular complexity index is 1500. The summed E-state index contributed by atoms with van der Waals surface area (Å²) in [5.41, 5.74) is -1.71. The monoisotopic (exact) mass is 666 g/mol. The van der Waals surface area contributed by atoms with E-state index in [0.717, 1.165) is 18.4 Å². The number of carbonyl (C=O) groups excluding carboxylic acids is 2. The number of hydrogen-bond donors (Lipinski definition) is 0. The zero-order valence-electron chi connectivity index (χ0n) is 29.3. The number of likely N-dealkylation sites (tertiary alicyclic amines) is 2. The van der Waals surface area contributed by atoms with Crippen LogP contribution in [0.3, 0.4) is 0 Å². The molecule has 0 radical (unpaired) electrons. The Balaban J connectivity index is 1.20. The largest absolute Gasteiger partial charge is 0.482 e. The molecule has 1 aromatic carbocycles. The first-order chi connectivity index (χ1) is 22.4. The minimum absolute atomic E-state index is 0.0605. The number of amides is 2. The number of benzene rings is 1. The molecule has 0 N–H and O–H groups in total. The maximum absolute atomic E-state index is 14.0. The van der Waals surface area contributed by atoms with Crippen molar-refractivity contribution in [3.63, 3.8) is 0 Å². The van der Waals surface area contributed by atoms with Gasteiger partial charge in [-0.15, -0.1) is 0 Å². The lowest BCUT2D eigenvalue weighted by molar-refractivity contribution is -0.199. The quantitative estimate of drug-likeness (QED) is 0.196. The average molecular weight is 667 g/mol. The van der Waals surface area contributed by atoms with Gasteiger partial charge < -0.3 is 18.9 Å². The smallest absolute Gasteiger partial charge is 0.423 e. The van der Waals surface area contributed by atoms with Gasteiger partial charge in [0.15, 0.2) is 5.72 Å². The van der Waals surface area contributed by atoms with E-state index in [4.69, 9.17) is 14.0 Å². The van der Waals surface area contributed by atoms with Crippen LogP contribution in [0.15, 0.2) is 42.0 Å². The SMILES string of the molecule is CN(C(=O)O[C@]1(C)CCCN1C(=O)C(C#N)=CC(C)(C)N1CCC(F)(F)C1)[C@@H](Cc1ccccc1)B1O[C@@H]2C[C@@H]3C[C@@H](C3(C)C)[C@]2(C)O1. The fourth-order valence-electron chi connectivity index (χ4n) is 9.05. The van der Waals surface area contributed by atoms with E-state index in [1.54, 1.807) is 32.7 Å². The molecule has 6 atom stereocenters. The Labute approximate surface area is 283 Å². The molecule has 7 rings (SSSR count). The molecule has 3 heterocycles. The van der Waals surface area contributed by atoms with Gasteiger partial charge >= 0.3 is 13.2 Å². The van der Waals surface area contributed by atoms with Crippen LogP contribution in [-0.4, -0.2) is 95.3 Å². The van der Waals surface area contributed by atoms with E-state index in [9.17, 15) is 23.6 Å². The first kappa shape index (κ1) is 34.8. The summed E-state index contributed by atoms with van der Waals surface area (Å²) in [5, 5.41) is 10.0. The maximum Gasteiger partial charge on any atom is 0.482 e. The average Bonchev–Trinajstić information content (AvgIpc) is 3.71. The standard InChI is InChI=1S/C36H49BF2N4O5/c1-32(2,42-17-15-36(38,39)23-42)21-25(22-40)30(44)43-16-11-14-34(43,5)46-31(45)41(7)29(18-24-12-9-8-10-13-24)37-47-28-20-26-19-27(33(26,3)4)35(28,6)48-37/h8-10,12-13,21,26-29H,11,14-20,23H2,1-7H3/t26-,27-,28+,29-,34+,35-/m0/s1. The second kappa shape index (κ2) is 12.1. The molecule has 3 aliphatic carbocycles. The fourth-order valence-corrected chi connectivity index (χ4v) is 9.05. The van der Waals surface area contributed by atoms with Crippen LogP contribution >= 0.6 is 0 Å². The third-order valence-corrected chi connectivity index (χ3v) is 12.3. The Kier molecular flexibility index (Phi) is 8.78. The van der Waals surface area contributed by atoms with Crippen LogP contribution in [0.4, 0.5) is 13.6 Å². The molecular formula is C36H49BF2N4O5. The highest BCUT2D eigenvalue weighted by molar-refractivity contribution is 6.47.